The Morgan fingerprint density at radius 3 is 1.71 bits per heavy atom. The van der Waals surface area contributed by atoms with Crippen molar-refractivity contribution in [3.05, 3.63) is 23.3 Å². The van der Waals surface area contributed by atoms with E-state index in [1.54, 1.807) is 7.11 Å². The summed E-state index contributed by atoms with van der Waals surface area (Å²) in [6, 6.07) is 4.21. The van der Waals surface area contributed by atoms with E-state index in [2.05, 4.69) is 67.5 Å². The van der Waals surface area contributed by atoms with Gasteiger partial charge in [-0.3, -0.25) is 0 Å². The van der Waals surface area contributed by atoms with Gasteiger partial charge in [-0.25, -0.2) is 0 Å². The van der Waals surface area contributed by atoms with Crippen molar-refractivity contribution in [2.45, 2.75) is 72.0 Å². The van der Waals surface area contributed by atoms with Crippen LogP contribution >= 0.6 is 0 Å². The molecule has 0 atom stereocenters. The van der Waals surface area contributed by atoms with Gasteiger partial charge < -0.3 is 9.16 Å². The number of aryl methyl sites for hydroxylation is 1. The Hall–Kier alpha value is -0.963. The smallest absolute Gasteiger partial charge is 0.258 e. The molecule has 0 aliphatic carbocycles. The van der Waals surface area contributed by atoms with Gasteiger partial charge in [-0.15, -0.1) is 0 Å². The Morgan fingerprint density at radius 2 is 1.33 bits per heavy atom. The third-order valence-corrected chi connectivity index (χ3v) is 10.8. The SMILES string of the molecule is COc1c(O[Si](C(C)C)(C(C)C)C(C)C)ccc(C)c1C. The van der Waals surface area contributed by atoms with Crippen LogP contribution < -0.4 is 9.16 Å². The van der Waals surface area contributed by atoms with Gasteiger partial charge in [0.1, 0.15) is 5.75 Å². The van der Waals surface area contributed by atoms with Crippen LogP contribution in [0.3, 0.4) is 0 Å². The Kier molecular flexibility index (Phi) is 5.91. The van der Waals surface area contributed by atoms with Crippen molar-refractivity contribution >= 4 is 8.32 Å². The molecule has 0 radical (unpaired) electrons. The summed E-state index contributed by atoms with van der Waals surface area (Å²) in [6.45, 7) is 18.0. The fourth-order valence-corrected chi connectivity index (χ4v) is 8.89. The average molecular weight is 309 g/mol. The lowest BCUT2D eigenvalue weighted by Gasteiger charge is -2.42. The second-order valence-corrected chi connectivity index (χ2v) is 12.3. The van der Waals surface area contributed by atoms with Crippen LogP contribution in [0.5, 0.6) is 11.5 Å². The van der Waals surface area contributed by atoms with E-state index in [-0.39, 0.29) is 0 Å². The molecule has 1 aromatic carbocycles. The maximum Gasteiger partial charge on any atom is 0.258 e. The summed E-state index contributed by atoms with van der Waals surface area (Å²) in [5, 5.41) is 0. The first kappa shape index (κ1) is 18.1. The predicted octanol–water partition coefficient (Wildman–Crippen LogP) is 5.87. The van der Waals surface area contributed by atoms with Crippen LogP contribution in [0.1, 0.15) is 52.7 Å². The average Bonchev–Trinajstić information content (AvgIpc) is 2.38. The zero-order valence-electron chi connectivity index (χ0n) is 15.2. The lowest BCUT2D eigenvalue weighted by Crippen LogP contribution is -2.50. The largest absolute Gasteiger partial charge is 0.540 e. The van der Waals surface area contributed by atoms with Crippen LogP contribution in [0.4, 0.5) is 0 Å². The zero-order chi connectivity index (χ0) is 16.4. The summed E-state index contributed by atoms with van der Waals surface area (Å²) in [5.74, 6) is 1.82. The van der Waals surface area contributed by atoms with Crippen molar-refractivity contribution in [3.8, 4) is 11.5 Å². The Bertz CT molecular complexity index is 457. The molecule has 0 bridgehead atoms. The second-order valence-electron chi connectivity index (χ2n) is 6.96. The fraction of sp³-hybridized carbons (Fsp3) is 0.667. The number of ether oxygens (including phenoxy) is 1. The molecule has 0 N–H and O–H groups in total. The monoisotopic (exact) mass is 308 g/mol. The van der Waals surface area contributed by atoms with Gasteiger partial charge in [0.25, 0.3) is 8.32 Å². The Balaban J connectivity index is 3.37. The summed E-state index contributed by atoms with van der Waals surface area (Å²) < 4.78 is 12.4. The third kappa shape index (κ3) is 3.28. The number of rotatable bonds is 6. The van der Waals surface area contributed by atoms with Crippen LogP contribution in [0.2, 0.25) is 16.6 Å². The van der Waals surface area contributed by atoms with Crippen molar-refractivity contribution in [3.63, 3.8) is 0 Å². The molecule has 0 saturated carbocycles. The fourth-order valence-electron chi connectivity index (χ4n) is 3.64. The quantitative estimate of drug-likeness (QED) is 0.612. The van der Waals surface area contributed by atoms with E-state index in [9.17, 15) is 0 Å². The summed E-state index contributed by atoms with van der Waals surface area (Å²) in [5.41, 5.74) is 4.09. The minimum atomic E-state index is -1.94. The van der Waals surface area contributed by atoms with Crippen LogP contribution in [-0.2, 0) is 0 Å². The molecule has 0 amide bonds. The number of hydrogen-bond acceptors (Lipinski definition) is 2. The Morgan fingerprint density at radius 1 is 0.857 bits per heavy atom. The summed E-state index contributed by atoms with van der Waals surface area (Å²) in [7, 11) is -0.202. The highest BCUT2D eigenvalue weighted by molar-refractivity contribution is 6.78. The highest BCUT2D eigenvalue weighted by Crippen LogP contribution is 2.45. The molecule has 2 nitrogen and oxygen atoms in total. The van der Waals surface area contributed by atoms with E-state index in [1.165, 1.54) is 11.1 Å². The molecule has 0 fully saturated rings. The molecule has 0 aliphatic rings. The van der Waals surface area contributed by atoms with Crippen LogP contribution in [0.25, 0.3) is 0 Å². The van der Waals surface area contributed by atoms with Gasteiger partial charge in [-0.2, -0.15) is 0 Å². The predicted molar refractivity (Wildman–Crippen MR) is 94.1 cm³/mol. The minimum absolute atomic E-state index is 0.559. The van der Waals surface area contributed by atoms with Gasteiger partial charge >= 0.3 is 0 Å². The lowest BCUT2D eigenvalue weighted by molar-refractivity contribution is 0.380. The zero-order valence-corrected chi connectivity index (χ0v) is 16.2. The van der Waals surface area contributed by atoms with Crippen molar-refractivity contribution in [1.29, 1.82) is 0 Å². The van der Waals surface area contributed by atoms with Crippen LogP contribution in [-0.4, -0.2) is 15.4 Å². The molecular weight excluding hydrogens is 276 g/mol. The van der Waals surface area contributed by atoms with Gasteiger partial charge in [0.2, 0.25) is 0 Å². The van der Waals surface area contributed by atoms with Crippen molar-refractivity contribution in [2.24, 2.45) is 0 Å². The van der Waals surface area contributed by atoms with Crippen molar-refractivity contribution in [1.82, 2.24) is 0 Å². The summed E-state index contributed by atoms with van der Waals surface area (Å²) >= 11 is 0. The summed E-state index contributed by atoms with van der Waals surface area (Å²) in [6.07, 6.45) is 0. The topological polar surface area (TPSA) is 18.5 Å². The van der Waals surface area contributed by atoms with Gasteiger partial charge in [-0.1, -0.05) is 47.6 Å². The van der Waals surface area contributed by atoms with E-state index in [4.69, 9.17) is 9.16 Å². The van der Waals surface area contributed by atoms with Crippen LogP contribution in [0, 0.1) is 13.8 Å². The van der Waals surface area contributed by atoms with Crippen molar-refractivity contribution in [2.75, 3.05) is 7.11 Å². The second kappa shape index (κ2) is 6.86. The van der Waals surface area contributed by atoms with E-state index in [0.717, 1.165) is 11.5 Å². The molecule has 0 aliphatic heterocycles. The molecule has 0 unspecified atom stereocenters. The molecule has 0 heterocycles. The summed E-state index contributed by atoms with van der Waals surface area (Å²) in [4.78, 5) is 0. The number of hydrogen-bond donors (Lipinski definition) is 0. The first-order chi connectivity index (χ1) is 9.68. The Labute approximate surface area is 132 Å². The highest BCUT2D eigenvalue weighted by atomic mass is 28.4. The molecule has 3 heteroatoms. The minimum Gasteiger partial charge on any atom is -0.540 e. The molecule has 0 saturated heterocycles. The molecule has 1 aromatic rings. The molecular formula is C18H32O2Si. The standard InChI is InChI=1S/C18H32O2Si/c1-12(2)21(13(3)4,14(5)6)20-17-11-10-15(7)16(8)18(17)19-9/h10-14H,1-9H3. The molecule has 1 rings (SSSR count). The van der Waals surface area contributed by atoms with Gasteiger partial charge in [0.05, 0.1) is 7.11 Å². The first-order valence-electron chi connectivity index (χ1n) is 8.01. The molecule has 21 heavy (non-hydrogen) atoms. The molecule has 0 spiro atoms. The maximum absolute atomic E-state index is 6.76. The van der Waals surface area contributed by atoms with Crippen molar-refractivity contribution < 1.29 is 9.16 Å². The van der Waals surface area contributed by atoms with Gasteiger partial charge in [-0.05, 0) is 47.7 Å². The van der Waals surface area contributed by atoms with E-state index >= 15 is 0 Å². The normalized spacial score (nSPS) is 12.4. The highest BCUT2D eigenvalue weighted by Gasteiger charge is 2.47. The van der Waals surface area contributed by atoms with Gasteiger partial charge in [0, 0.05) is 0 Å². The third-order valence-electron chi connectivity index (χ3n) is 4.84. The molecule has 120 valence electrons. The number of methoxy groups -OCH3 is 1. The van der Waals surface area contributed by atoms with Gasteiger partial charge in [0.15, 0.2) is 5.75 Å². The van der Waals surface area contributed by atoms with E-state index in [1.807, 2.05) is 0 Å². The molecule has 0 aromatic heterocycles. The first-order valence-corrected chi connectivity index (χ1v) is 10.2. The number of benzene rings is 1. The maximum atomic E-state index is 6.76. The lowest BCUT2D eigenvalue weighted by atomic mass is 10.1. The van der Waals surface area contributed by atoms with Crippen LogP contribution in [0.15, 0.2) is 12.1 Å². The van der Waals surface area contributed by atoms with E-state index in [0.29, 0.717) is 16.6 Å². The van der Waals surface area contributed by atoms with E-state index < -0.39 is 8.32 Å².